The lowest BCUT2D eigenvalue weighted by atomic mass is 10.0. The SMILES string of the molecule is N[C@@H](C(=O)N1CC[C@H](F)C1)[C@@H](O)c1ccncc1. The number of aliphatic hydroxyl groups is 1. The molecule has 2 heterocycles. The quantitative estimate of drug-likeness (QED) is 0.795. The molecule has 2 rings (SSSR count). The number of nitrogens with two attached hydrogens (primary N) is 1. The molecular weight excluding hydrogens is 237 g/mol. The lowest BCUT2D eigenvalue weighted by molar-refractivity contribution is -0.134. The molecule has 0 radical (unpaired) electrons. The van der Waals surface area contributed by atoms with Crippen molar-refractivity contribution in [1.82, 2.24) is 9.88 Å². The van der Waals surface area contributed by atoms with Crippen LogP contribution in [0.1, 0.15) is 18.1 Å². The standard InChI is InChI=1S/C12H16FN3O2/c13-9-3-6-16(7-9)12(18)10(14)11(17)8-1-4-15-5-2-8/h1-2,4-5,9-11,17H,3,6-7,14H2/t9-,10+,11-/m0/s1. The number of aromatic nitrogens is 1. The normalized spacial score (nSPS) is 22.8. The number of likely N-dealkylation sites (tertiary alicyclic amines) is 1. The second-order valence-electron chi connectivity index (χ2n) is 4.42. The molecule has 1 aromatic heterocycles. The third kappa shape index (κ3) is 2.65. The van der Waals surface area contributed by atoms with Crippen LogP contribution in [0.3, 0.4) is 0 Å². The molecule has 0 aliphatic carbocycles. The minimum absolute atomic E-state index is 0.0651. The number of hydrogen-bond donors (Lipinski definition) is 2. The van der Waals surface area contributed by atoms with Crippen LogP contribution in [0.2, 0.25) is 0 Å². The van der Waals surface area contributed by atoms with Crippen LogP contribution < -0.4 is 5.73 Å². The highest BCUT2D eigenvalue weighted by Gasteiger charge is 2.32. The Morgan fingerprint density at radius 2 is 2.22 bits per heavy atom. The summed E-state index contributed by atoms with van der Waals surface area (Å²) < 4.78 is 13.0. The fourth-order valence-electron chi connectivity index (χ4n) is 2.03. The molecule has 98 valence electrons. The Morgan fingerprint density at radius 1 is 1.56 bits per heavy atom. The predicted molar refractivity (Wildman–Crippen MR) is 63.3 cm³/mol. The van der Waals surface area contributed by atoms with Crippen LogP contribution in [0.5, 0.6) is 0 Å². The highest BCUT2D eigenvalue weighted by atomic mass is 19.1. The number of halogens is 1. The first-order valence-corrected chi connectivity index (χ1v) is 5.86. The summed E-state index contributed by atoms with van der Waals surface area (Å²) in [7, 11) is 0. The van der Waals surface area contributed by atoms with Crippen LogP contribution in [0.4, 0.5) is 4.39 Å². The van der Waals surface area contributed by atoms with Crippen LogP contribution >= 0.6 is 0 Å². The smallest absolute Gasteiger partial charge is 0.242 e. The van der Waals surface area contributed by atoms with Crippen molar-refractivity contribution < 1.29 is 14.3 Å². The van der Waals surface area contributed by atoms with Gasteiger partial charge in [-0.1, -0.05) is 0 Å². The highest BCUT2D eigenvalue weighted by molar-refractivity contribution is 5.82. The Hall–Kier alpha value is -1.53. The molecule has 0 saturated carbocycles. The molecule has 0 aromatic carbocycles. The van der Waals surface area contributed by atoms with E-state index in [1.165, 1.54) is 17.3 Å². The van der Waals surface area contributed by atoms with Gasteiger partial charge in [-0.25, -0.2) is 4.39 Å². The number of alkyl halides is 1. The molecule has 0 unspecified atom stereocenters. The minimum atomic E-state index is -1.10. The van der Waals surface area contributed by atoms with Crippen molar-refractivity contribution >= 4 is 5.91 Å². The van der Waals surface area contributed by atoms with Crippen molar-refractivity contribution in [2.24, 2.45) is 5.73 Å². The Morgan fingerprint density at radius 3 is 2.78 bits per heavy atom. The van der Waals surface area contributed by atoms with Gasteiger partial charge in [-0.2, -0.15) is 0 Å². The summed E-state index contributed by atoms with van der Waals surface area (Å²) >= 11 is 0. The molecule has 1 aliphatic rings. The van der Waals surface area contributed by atoms with Gasteiger partial charge in [-0.3, -0.25) is 9.78 Å². The van der Waals surface area contributed by atoms with Crippen molar-refractivity contribution in [3.05, 3.63) is 30.1 Å². The maximum absolute atomic E-state index is 13.0. The summed E-state index contributed by atoms with van der Waals surface area (Å²) in [6, 6.07) is 2.12. The number of amides is 1. The van der Waals surface area contributed by atoms with Crippen molar-refractivity contribution in [1.29, 1.82) is 0 Å². The molecule has 1 aromatic rings. The maximum Gasteiger partial charge on any atom is 0.242 e. The topological polar surface area (TPSA) is 79.5 Å². The van der Waals surface area contributed by atoms with E-state index in [-0.39, 0.29) is 6.54 Å². The highest BCUT2D eigenvalue weighted by Crippen LogP contribution is 2.19. The monoisotopic (exact) mass is 253 g/mol. The Labute approximate surface area is 104 Å². The number of carbonyl (C=O) groups is 1. The summed E-state index contributed by atoms with van der Waals surface area (Å²) in [4.78, 5) is 17.1. The lowest BCUT2D eigenvalue weighted by Crippen LogP contribution is -2.46. The van der Waals surface area contributed by atoms with E-state index in [1.807, 2.05) is 0 Å². The first-order valence-electron chi connectivity index (χ1n) is 5.86. The van der Waals surface area contributed by atoms with Gasteiger partial charge in [-0.05, 0) is 24.1 Å². The molecule has 5 nitrogen and oxygen atoms in total. The zero-order valence-corrected chi connectivity index (χ0v) is 9.87. The average Bonchev–Trinajstić information content (AvgIpc) is 2.84. The van der Waals surface area contributed by atoms with Crippen molar-refractivity contribution in [2.75, 3.05) is 13.1 Å². The van der Waals surface area contributed by atoms with Crippen LogP contribution in [-0.4, -0.2) is 46.2 Å². The van der Waals surface area contributed by atoms with Crippen molar-refractivity contribution in [2.45, 2.75) is 24.7 Å². The number of pyridine rings is 1. The third-order valence-electron chi connectivity index (χ3n) is 3.12. The summed E-state index contributed by atoms with van der Waals surface area (Å²) in [6.07, 6.45) is 1.29. The van der Waals surface area contributed by atoms with Crippen molar-refractivity contribution in [3.63, 3.8) is 0 Å². The second-order valence-corrected chi connectivity index (χ2v) is 4.42. The average molecular weight is 253 g/mol. The van der Waals surface area contributed by atoms with Crippen LogP contribution in [-0.2, 0) is 4.79 Å². The fourth-order valence-corrected chi connectivity index (χ4v) is 2.03. The molecule has 1 fully saturated rings. The summed E-state index contributed by atoms with van der Waals surface area (Å²) in [5, 5.41) is 9.99. The van der Waals surface area contributed by atoms with E-state index in [2.05, 4.69) is 4.98 Å². The lowest BCUT2D eigenvalue weighted by Gasteiger charge is -2.23. The van der Waals surface area contributed by atoms with Gasteiger partial charge in [-0.15, -0.1) is 0 Å². The summed E-state index contributed by atoms with van der Waals surface area (Å²) in [6.45, 7) is 0.423. The van der Waals surface area contributed by atoms with Gasteiger partial charge in [0.1, 0.15) is 18.3 Å². The van der Waals surface area contributed by atoms with Gasteiger partial charge in [0.25, 0.3) is 0 Å². The molecule has 0 bridgehead atoms. The predicted octanol–water partition coefficient (Wildman–Crippen LogP) is 0.0127. The Kier molecular flexibility index (Phi) is 3.88. The molecule has 3 N–H and O–H groups in total. The largest absolute Gasteiger partial charge is 0.386 e. The number of hydrogen-bond acceptors (Lipinski definition) is 4. The van der Waals surface area contributed by atoms with E-state index < -0.39 is 24.2 Å². The Bertz CT molecular complexity index is 415. The molecule has 3 atom stereocenters. The van der Waals surface area contributed by atoms with Crippen LogP contribution in [0, 0.1) is 0 Å². The number of aliphatic hydroxyl groups excluding tert-OH is 1. The van der Waals surface area contributed by atoms with E-state index in [9.17, 15) is 14.3 Å². The first-order chi connectivity index (χ1) is 8.59. The molecule has 1 amide bonds. The van der Waals surface area contributed by atoms with E-state index >= 15 is 0 Å². The molecule has 0 spiro atoms. The molecule has 1 saturated heterocycles. The van der Waals surface area contributed by atoms with E-state index in [0.717, 1.165) is 0 Å². The van der Waals surface area contributed by atoms with E-state index in [4.69, 9.17) is 5.73 Å². The second kappa shape index (κ2) is 5.41. The fraction of sp³-hybridized carbons (Fsp3) is 0.500. The minimum Gasteiger partial charge on any atom is -0.386 e. The van der Waals surface area contributed by atoms with Gasteiger partial charge in [0.2, 0.25) is 5.91 Å². The summed E-state index contributed by atoms with van der Waals surface area (Å²) in [5.41, 5.74) is 6.26. The third-order valence-corrected chi connectivity index (χ3v) is 3.12. The zero-order valence-electron chi connectivity index (χ0n) is 9.87. The van der Waals surface area contributed by atoms with Gasteiger partial charge in [0.15, 0.2) is 0 Å². The molecule has 1 aliphatic heterocycles. The molecular formula is C12H16FN3O2. The molecule has 18 heavy (non-hydrogen) atoms. The van der Waals surface area contributed by atoms with Gasteiger partial charge in [0.05, 0.1) is 6.54 Å². The molecule has 6 heteroatoms. The van der Waals surface area contributed by atoms with Crippen LogP contribution in [0.15, 0.2) is 24.5 Å². The summed E-state index contributed by atoms with van der Waals surface area (Å²) in [5.74, 6) is -0.417. The zero-order chi connectivity index (χ0) is 13.1. The van der Waals surface area contributed by atoms with Crippen LogP contribution in [0.25, 0.3) is 0 Å². The first kappa shape index (κ1) is 12.9. The Balaban J connectivity index is 2.02. The van der Waals surface area contributed by atoms with Gasteiger partial charge in [0, 0.05) is 18.9 Å². The number of carbonyl (C=O) groups excluding carboxylic acids is 1. The van der Waals surface area contributed by atoms with Crippen molar-refractivity contribution in [3.8, 4) is 0 Å². The van der Waals surface area contributed by atoms with Gasteiger partial charge >= 0.3 is 0 Å². The maximum atomic E-state index is 13.0. The number of rotatable bonds is 3. The number of nitrogens with zero attached hydrogens (tertiary/aromatic N) is 2. The van der Waals surface area contributed by atoms with Gasteiger partial charge < -0.3 is 15.7 Å². The van der Waals surface area contributed by atoms with E-state index in [0.29, 0.717) is 18.5 Å². The van der Waals surface area contributed by atoms with E-state index in [1.54, 1.807) is 12.1 Å².